The van der Waals surface area contributed by atoms with Crippen LogP contribution in [-0.4, -0.2) is 37.3 Å². The number of nitrogens with zero attached hydrogens (tertiary/aromatic N) is 7. The van der Waals surface area contributed by atoms with Crippen LogP contribution in [0.25, 0.3) is 11.3 Å². The first kappa shape index (κ1) is 20.5. The van der Waals surface area contributed by atoms with Crippen molar-refractivity contribution in [2.24, 2.45) is 11.4 Å². The summed E-state index contributed by atoms with van der Waals surface area (Å²) in [5, 5.41) is 13.9. The Kier molecular flexibility index (Phi) is 4.78. The highest BCUT2D eigenvalue weighted by atomic mass is 32.2. The van der Waals surface area contributed by atoms with E-state index >= 15 is 0 Å². The average molecular weight is 442 g/mol. The maximum atomic E-state index is 14.1. The van der Waals surface area contributed by atoms with Gasteiger partial charge in [0.25, 0.3) is 5.88 Å². The van der Waals surface area contributed by atoms with Crippen LogP contribution in [-0.2, 0) is 17.0 Å². The molecular weight excluding hydrogens is 423 g/mol. The largest absolute Gasteiger partial charge is 0.467 e. The summed E-state index contributed by atoms with van der Waals surface area (Å²) in [6.07, 6.45) is 2.09. The van der Waals surface area contributed by atoms with Crippen LogP contribution in [0.2, 0.25) is 0 Å². The minimum absolute atomic E-state index is 0.0133. The molecule has 2 N–H and O–H groups in total. The number of benzene rings is 1. The molecule has 0 saturated carbocycles. The molecule has 0 amide bonds. The van der Waals surface area contributed by atoms with Crippen molar-refractivity contribution in [2.75, 3.05) is 23.3 Å². The van der Waals surface area contributed by atoms with Gasteiger partial charge in [0.05, 0.1) is 23.1 Å². The van der Waals surface area contributed by atoms with E-state index in [1.165, 1.54) is 39.6 Å². The molecule has 0 radical (unpaired) electrons. The Hall–Kier alpha value is -3.72. The van der Waals surface area contributed by atoms with Gasteiger partial charge in [0, 0.05) is 25.9 Å². The number of aryl methyl sites for hydroxylation is 1. The smallest absolute Gasteiger partial charge is 0.258 e. The molecule has 0 fully saturated rings. The lowest BCUT2D eigenvalue weighted by atomic mass is 10.1. The van der Waals surface area contributed by atoms with Gasteiger partial charge < -0.3 is 10.5 Å². The SMILES string of the molecule is C[C@H]1Oc2nc(cnc2N)-c2c(nn(C)c2C#N)N=S(C)(=O)N(C)c2ccc(F)cc21. The van der Waals surface area contributed by atoms with Gasteiger partial charge >= 0.3 is 0 Å². The van der Waals surface area contributed by atoms with Gasteiger partial charge in [0.15, 0.2) is 11.6 Å². The standard InChI is InChI=1S/C19H19FN8O2S/c1-10-12-7-11(20)5-6-14(12)28(3)31(4,29)26-18-16(15(8-21)27(2)25-18)13-9-23-17(22)19(24-13)30-10/h5-7,9-10H,1-4H3,(H2,22,23)/t10-,31?/m1/s1. The fraction of sp³-hybridized carbons (Fsp3) is 0.263. The van der Waals surface area contributed by atoms with Gasteiger partial charge in [-0.1, -0.05) is 0 Å². The van der Waals surface area contributed by atoms with E-state index in [9.17, 15) is 13.9 Å². The van der Waals surface area contributed by atoms with Crippen LogP contribution < -0.4 is 14.8 Å². The molecule has 1 aliphatic rings. The maximum absolute atomic E-state index is 14.1. The van der Waals surface area contributed by atoms with E-state index in [1.807, 2.05) is 0 Å². The highest BCUT2D eigenvalue weighted by molar-refractivity contribution is 7.94. The van der Waals surface area contributed by atoms with Crippen molar-refractivity contribution in [2.45, 2.75) is 13.0 Å². The molecule has 2 aromatic heterocycles. The lowest BCUT2D eigenvalue weighted by molar-refractivity contribution is 0.218. The van der Waals surface area contributed by atoms with Crippen molar-refractivity contribution in [3.05, 3.63) is 41.5 Å². The first-order valence-corrected chi connectivity index (χ1v) is 11.0. The second-order valence-electron chi connectivity index (χ2n) is 7.04. The van der Waals surface area contributed by atoms with Crippen molar-refractivity contribution in [3.63, 3.8) is 0 Å². The Morgan fingerprint density at radius 2 is 2.10 bits per heavy atom. The van der Waals surface area contributed by atoms with Crippen molar-refractivity contribution in [1.82, 2.24) is 19.7 Å². The van der Waals surface area contributed by atoms with Crippen LogP contribution in [0, 0.1) is 17.1 Å². The topological polar surface area (TPSA) is 135 Å². The van der Waals surface area contributed by atoms with Crippen molar-refractivity contribution >= 4 is 27.2 Å². The third kappa shape index (κ3) is 3.42. The number of nitriles is 1. The molecule has 4 rings (SSSR count). The molecule has 10 nitrogen and oxygen atoms in total. The molecule has 0 aliphatic carbocycles. The monoisotopic (exact) mass is 442 g/mol. The first-order valence-electron chi connectivity index (χ1n) is 9.14. The van der Waals surface area contributed by atoms with Crippen LogP contribution in [0.15, 0.2) is 28.8 Å². The molecule has 160 valence electrons. The second-order valence-corrected chi connectivity index (χ2v) is 9.30. The number of fused-ring (bicyclic) bond motifs is 5. The average Bonchev–Trinajstić information content (AvgIpc) is 3.02. The van der Waals surface area contributed by atoms with Gasteiger partial charge in [-0.15, -0.1) is 0 Å². The van der Waals surface area contributed by atoms with Gasteiger partial charge in [-0.3, -0.25) is 8.99 Å². The predicted octanol–water partition coefficient (Wildman–Crippen LogP) is 2.70. The van der Waals surface area contributed by atoms with E-state index in [0.29, 0.717) is 11.3 Å². The molecule has 12 heteroatoms. The fourth-order valence-corrected chi connectivity index (χ4v) is 4.40. The van der Waals surface area contributed by atoms with Gasteiger partial charge in [-0.2, -0.15) is 14.7 Å². The normalized spacial score (nSPS) is 20.3. The summed E-state index contributed by atoms with van der Waals surface area (Å²) in [6, 6.07) is 6.12. The molecular formula is C19H19FN8O2S. The van der Waals surface area contributed by atoms with Gasteiger partial charge in [-0.05, 0) is 25.1 Å². The molecule has 2 bridgehead atoms. The Morgan fingerprint density at radius 1 is 1.35 bits per heavy atom. The summed E-state index contributed by atoms with van der Waals surface area (Å²) in [7, 11) is 0.0650. The summed E-state index contributed by atoms with van der Waals surface area (Å²) >= 11 is 0. The van der Waals surface area contributed by atoms with Crippen LogP contribution in [0.5, 0.6) is 5.88 Å². The number of anilines is 2. The second kappa shape index (κ2) is 7.21. The van der Waals surface area contributed by atoms with E-state index in [0.717, 1.165) is 0 Å². The number of aromatic nitrogens is 4. The molecule has 0 spiro atoms. The Bertz CT molecular complexity index is 1370. The summed E-state index contributed by atoms with van der Waals surface area (Å²) in [6.45, 7) is 1.69. The predicted molar refractivity (Wildman–Crippen MR) is 113 cm³/mol. The van der Waals surface area contributed by atoms with Gasteiger partial charge in [-0.25, -0.2) is 18.6 Å². The molecule has 3 heterocycles. The van der Waals surface area contributed by atoms with Gasteiger partial charge in [0.2, 0.25) is 0 Å². The summed E-state index contributed by atoms with van der Waals surface area (Å²) in [4.78, 5) is 8.53. The highest BCUT2D eigenvalue weighted by Crippen LogP contribution is 2.38. The van der Waals surface area contributed by atoms with Crippen molar-refractivity contribution < 1.29 is 13.3 Å². The van der Waals surface area contributed by atoms with Crippen LogP contribution in [0.1, 0.15) is 24.3 Å². The third-order valence-corrected chi connectivity index (χ3v) is 6.70. The number of hydrogen-bond donors (Lipinski definition) is 1. The van der Waals surface area contributed by atoms with Crippen molar-refractivity contribution in [1.29, 1.82) is 5.26 Å². The Morgan fingerprint density at radius 3 is 2.81 bits per heavy atom. The van der Waals surface area contributed by atoms with Crippen LogP contribution in [0.4, 0.5) is 21.7 Å². The first-order chi connectivity index (χ1) is 14.6. The molecule has 2 atom stereocenters. The zero-order valence-electron chi connectivity index (χ0n) is 17.2. The zero-order chi connectivity index (χ0) is 22.5. The van der Waals surface area contributed by atoms with E-state index in [2.05, 4.69) is 25.5 Å². The quantitative estimate of drug-likeness (QED) is 0.565. The Balaban J connectivity index is 2.11. The molecule has 1 unspecified atom stereocenters. The summed E-state index contributed by atoms with van der Waals surface area (Å²) in [5.41, 5.74) is 7.49. The molecule has 0 saturated heterocycles. The van der Waals surface area contributed by atoms with E-state index in [4.69, 9.17) is 10.5 Å². The van der Waals surface area contributed by atoms with Crippen molar-refractivity contribution in [3.8, 4) is 23.2 Å². The zero-order valence-corrected chi connectivity index (χ0v) is 18.0. The minimum Gasteiger partial charge on any atom is -0.467 e. The highest BCUT2D eigenvalue weighted by Gasteiger charge is 2.27. The lowest BCUT2D eigenvalue weighted by Gasteiger charge is -2.26. The van der Waals surface area contributed by atoms with Crippen LogP contribution >= 0.6 is 0 Å². The number of rotatable bonds is 0. The number of nitrogen functional groups attached to an aromatic ring is 1. The Labute approximate surface area is 178 Å². The number of ether oxygens (including phenoxy) is 1. The maximum Gasteiger partial charge on any atom is 0.258 e. The molecule has 1 aliphatic heterocycles. The van der Waals surface area contributed by atoms with E-state index in [1.54, 1.807) is 21.0 Å². The molecule has 3 aromatic rings. The molecule has 1 aromatic carbocycles. The van der Waals surface area contributed by atoms with E-state index < -0.39 is 21.8 Å². The number of hydrogen-bond acceptors (Lipinski definition) is 8. The fourth-order valence-electron chi connectivity index (χ4n) is 3.30. The molecule has 31 heavy (non-hydrogen) atoms. The minimum atomic E-state index is -3.09. The van der Waals surface area contributed by atoms with Crippen LogP contribution in [0.3, 0.4) is 0 Å². The number of nitrogens with two attached hydrogens (primary N) is 1. The summed E-state index contributed by atoms with van der Waals surface area (Å²) < 4.78 is 40.7. The third-order valence-electron chi connectivity index (χ3n) is 4.98. The lowest BCUT2D eigenvalue weighted by Crippen LogP contribution is -2.27. The number of halogens is 1. The van der Waals surface area contributed by atoms with E-state index in [-0.39, 0.29) is 34.5 Å². The summed E-state index contributed by atoms with van der Waals surface area (Å²) in [5.74, 6) is -0.382. The van der Waals surface area contributed by atoms with Gasteiger partial charge in [0.1, 0.15) is 33.6 Å².